The predicted octanol–water partition coefficient (Wildman–Crippen LogP) is 8.05. The standard InChI is InChI=1S/C30H31NO/c1-21-12-8-9-15-23(21)26-19-29(31-20-32)27(18-25(26)22-13-6-5-7-14-22)24-16-10-11-17-28(24)30(2,3)4/h5-9,12-20H,10-11H2,1-4H3,(H,31,32). The largest absolute Gasteiger partial charge is 0.328 e. The van der Waals surface area contributed by atoms with Gasteiger partial charge in [-0.15, -0.1) is 0 Å². The summed E-state index contributed by atoms with van der Waals surface area (Å²) in [6.45, 7) is 8.90. The maximum absolute atomic E-state index is 11.6. The van der Waals surface area contributed by atoms with Crippen LogP contribution in [-0.2, 0) is 4.79 Å². The van der Waals surface area contributed by atoms with Gasteiger partial charge in [0.15, 0.2) is 0 Å². The summed E-state index contributed by atoms with van der Waals surface area (Å²) in [4.78, 5) is 11.6. The van der Waals surface area contributed by atoms with Crippen molar-refractivity contribution in [2.45, 2.75) is 40.5 Å². The Labute approximate surface area is 191 Å². The van der Waals surface area contributed by atoms with Crippen LogP contribution in [0.25, 0.3) is 27.8 Å². The summed E-state index contributed by atoms with van der Waals surface area (Å²) in [7, 11) is 0. The molecule has 4 rings (SSSR count). The second kappa shape index (κ2) is 9.00. The highest BCUT2D eigenvalue weighted by molar-refractivity contribution is 5.97. The van der Waals surface area contributed by atoms with Crippen LogP contribution in [0.5, 0.6) is 0 Å². The predicted molar refractivity (Wildman–Crippen MR) is 136 cm³/mol. The highest BCUT2D eigenvalue weighted by Crippen LogP contribution is 2.45. The van der Waals surface area contributed by atoms with Crippen LogP contribution in [0.15, 0.2) is 84.5 Å². The zero-order chi connectivity index (χ0) is 22.7. The van der Waals surface area contributed by atoms with E-state index < -0.39 is 0 Å². The number of aryl methyl sites for hydroxylation is 1. The normalized spacial score (nSPS) is 13.9. The summed E-state index contributed by atoms with van der Waals surface area (Å²) in [6, 6.07) is 23.3. The Balaban J connectivity index is 2.02. The van der Waals surface area contributed by atoms with Crippen molar-refractivity contribution < 1.29 is 4.79 Å². The van der Waals surface area contributed by atoms with Crippen molar-refractivity contribution in [3.05, 3.63) is 95.6 Å². The van der Waals surface area contributed by atoms with E-state index >= 15 is 0 Å². The van der Waals surface area contributed by atoms with Crippen LogP contribution in [0, 0.1) is 12.3 Å². The number of allylic oxidation sites excluding steroid dienone is 4. The Bertz CT molecular complexity index is 1190. The molecule has 32 heavy (non-hydrogen) atoms. The third kappa shape index (κ3) is 4.31. The molecule has 1 aliphatic rings. The molecule has 3 aromatic carbocycles. The van der Waals surface area contributed by atoms with Crippen molar-refractivity contribution in [2.75, 3.05) is 5.32 Å². The Hall–Kier alpha value is -3.39. The second-order valence-corrected chi connectivity index (χ2v) is 9.45. The average Bonchev–Trinajstić information content (AvgIpc) is 2.79. The molecule has 3 aromatic rings. The smallest absolute Gasteiger partial charge is 0.211 e. The Kier molecular flexibility index (Phi) is 6.14. The van der Waals surface area contributed by atoms with E-state index in [1.54, 1.807) is 0 Å². The van der Waals surface area contributed by atoms with Crippen LogP contribution in [0.3, 0.4) is 0 Å². The number of amides is 1. The van der Waals surface area contributed by atoms with Crippen molar-refractivity contribution in [3.63, 3.8) is 0 Å². The van der Waals surface area contributed by atoms with Gasteiger partial charge in [0, 0.05) is 11.3 Å². The zero-order valence-corrected chi connectivity index (χ0v) is 19.4. The number of benzene rings is 3. The first-order valence-corrected chi connectivity index (χ1v) is 11.3. The minimum atomic E-state index is 0.0201. The first-order valence-electron chi connectivity index (χ1n) is 11.3. The lowest BCUT2D eigenvalue weighted by Gasteiger charge is -2.30. The fourth-order valence-electron chi connectivity index (χ4n) is 4.60. The zero-order valence-electron chi connectivity index (χ0n) is 19.4. The van der Waals surface area contributed by atoms with Crippen molar-refractivity contribution in [3.8, 4) is 22.3 Å². The second-order valence-electron chi connectivity index (χ2n) is 9.45. The molecule has 0 radical (unpaired) electrons. The van der Waals surface area contributed by atoms with Crippen LogP contribution in [0.2, 0.25) is 0 Å². The maximum atomic E-state index is 11.6. The first kappa shape index (κ1) is 21.8. The quantitative estimate of drug-likeness (QED) is 0.415. The minimum Gasteiger partial charge on any atom is -0.328 e. The third-order valence-corrected chi connectivity index (χ3v) is 6.14. The van der Waals surface area contributed by atoms with E-state index in [1.807, 2.05) is 6.07 Å². The topological polar surface area (TPSA) is 29.1 Å². The molecule has 0 aromatic heterocycles. The average molecular weight is 422 g/mol. The molecule has 1 aliphatic carbocycles. The molecule has 1 amide bonds. The summed E-state index contributed by atoms with van der Waals surface area (Å²) in [5.41, 5.74) is 10.4. The summed E-state index contributed by atoms with van der Waals surface area (Å²) in [6.07, 6.45) is 7.53. The van der Waals surface area contributed by atoms with Gasteiger partial charge in [-0.25, -0.2) is 0 Å². The van der Waals surface area contributed by atoms with Crippen LogP contribution >= 0.6 is 0 Å². The number of hydrogen-bond donors (Lipinski definition) is 1. The molecule has 0 spiro atoms. The van der Waals surface area contributed by atoms with Gasteiger partial charge in [-0.2, -0.15) is 0 Å². The van der Waals surface area contributed by atoms with E-state index in [0.29, 0.717) is 0 Å². The van der Waals surface area contributed by atoms with Gasteiger partial charge in [0.05, 0.1) is 0 Å². The first-order chi connectivity index (χ1) is 15.4. The van der Waals surface area contributed by atoms with Gasteiger partial charge in [0.25, 0.3) is 0 Å². The van der Waals surface area contributed by atoms with E-state index in [-0.39, 0.29) is 5.41 Å². The molecule has 0 fully saturated rings. The van der Waals surface area contributed by atoms with Crippen molar-refractivity contribution in [2.24, 2.45) is 5.41 Å². The van der Waals surface area contributed by atoms with Gasteiger partial charge in [0.1, 0.15) is 0 Å². The van der Waals surface area contributed by atoms with E-state index in [1.165, 1.54) is 33.4 Å². The molecule has 2 heteroatoms. The number of carbonyl (C=O) groups excluding carboxylic acids is 1. The highest BCUT2D eigenvalue weighted by atomic mass is 16.1. The van der Waals surface area contributed by atoms with Crippen LogP contribution in [0.4, 0.5) is 5.69 Å². The molecule has 0 heterocycles. The van der Waals surface area contributed by atoms with Gasteiger partial charge in [-0.3, -0.25) is 4.79 Å². The summed E-state index contributed by atoms with van der Waals surface area (Å²) in [5.74, 6) is 0. The molecule has 2 nitrogen and oxygen atoms in total. The Morgan fingerprint density at radius 2 is 1.47 bits per heavy atom. The Morgan fingerprint density at radius 3 is 2.16 bits per heavy atom. The fraction of sp³-hybridized carbons (Fsp3) is 0.233. The van der Waals surface area contributed by atoms with Crippen molar-refractivity contribution in [1.29, 1.82) is 0 Å². The molecular formula is C30H31NO. The van der Waals surface area contributed by atoms with Gasteiger partial charge in [0.2, 0.25) is 6.41 Å². The number of rotatable bonds is 5. The molecule has 0 bridgehead atoms. The van der Waals surface area contributed by atoms with Gasteiger partial charge in [-0.1, -0.05) is 87.5 Å². The van der Waals surface area contributed by atoms with Crippen LogP contribution in [0.1, 0.15) is 44.7 Å². The molecular weight excluding hydrogens is 390 g/mol. The van der Waals surface area contributed by atoms with Gasteiger partial charge < -0.3 is 5.32 Å². The molecule has 1 N–H and O–H groups in total. The number of nitrogens with one attached hydrogen (secondary N) is 1. The van der Waals surface area contributed by atoms with E-state index in [9.17, 15) is 4.79 Å². The van der Waals surface area contributed by atoms with E-state index in [0.717, 1.165) is 36.1 Å². The molecule has 0 atom stereocenters. The van der Waals surface area contributed by atoms with Crippen molar-refractivity contribution in [1.82, 2.24) is 0 Å². The molecule has 0 saturated carbocycles. The number of anilines is 1. The maximum Gasteiger partial charge on any atom is 0.211 e. The monoisotopic (exact) mass is 421 g/mol. The lowest BCUT2D eigenvalue weighted by molar-refractivity contribution is -0.105. The summed E-state index contributed by atoms with van der Waals surface area (Å²) >= 11 is 0. The molecule has 0 unspecified atom stereocenters. The molecule has 0 aliphatic heterocycles. The lowest BCUT2D eigenvalue weighted by Crippen LogP contribution is -2.14. The molecule has 0 saturated heterocycles. The third-order valence-electron chi connectivity index (χ3n) is 6.14. The fourth-order valence-corrected chi connectivity index (χ4v) is 4.60. The SMILES string of the molecule is Cc1ccccc1-c1cc(NC=O)c(C2=CCCC=C2C(C)(C)C)cc1-c1ccccc1. The van der Waals surface area contributed by atoms with Crippen molar-refractivity contribution >= 4 is 17.7 Å². The van der Waals surface area contributed by atoms with Gasteiger partial charge >= 0.3 is 0 Å². The summed E-state index contributed by atoms with van der Waals surface area (Å²) < 4.78 is 0. The van der Waals surface area contributed by atoms with E-state index in [2.05, 4.69) is 106 Å². The van der Waals surface area contributed by atoms with Gasteiger partial charge in [-0.05, 0) is 76.3 Å². The molecule has 162 valence electrons. The van der Waals surface area contributed by atoms with Crippen LogP contribution in [-0.4, -0.2) is 6.41 Å². The van der Waals surface area contributed by atoms with E-state index in [4.69, 9.17) is 0 Å². The van der Waals surface area contributed by atoms with Crippen LogP contribution < -0.4 is 5.32 Å². The number of hydrogen-bond acceptors (Lipinski definition) is 1. The Morgan fingerprint density at radius 1 is 0.781 bits per heavy atom. The number of carbonyl (C=O) groups is 1. The highest BCUT2D eigenvalue weighted by Gasteiger charge is 2.26. The minimum absolute atomic E-state index is 0.0201. The summed E-state index contributed by atoms with van der Waals surface area (Å²) in [5, 5.41) is 3.01. The lowest BCUT2D eigenvalue weighted by atomic mass is 9.75.